The van der Waals surface area contributed by atoms with Crippen molar-refractivity contribution in [3.63, 3.8) is 0 Å². The molecule has 3 aromatic carbocycles. The van der Waals surface area contributed by atoms with Crippen LogP contribution in [0.3, 0.4) is 0 Å². The number of β-lactam (4-membered cyclic amide) rings is 1. The predicted molar refractivity (Wildman–Crippen MR) is 119 cm³/mol. The highest BCUT2D eigenvalue weighted by molar-refractivity contribution is 6.35. The molecule has 3 aromatic rings. The lowest BCUT2D eigenvalue weighted by Crippen LogP contribution is -2.67. The Morgan fingerprint density at radius 1 is 0.742 bits per heavy atom. The molecule has 0 aromatic heterocycles. The van der Waals surface area contributed by atoms with E-state index in [-0.39, 0.29) is 5.91 Å². The van der Waals surface area contributed by atoms with Gasteiger partial charge in [0.25, 0.3) is 17.7 Å². The molecule has 2 atom stereocenters. The number of rotatable bonds is 3. The zero-order chi connectivity index (χ0) is 21.9. The molecular formula is C24H16Cl2N2O3. The van der Waals surface area contributed by atoms with Crippen molar-refractivity contribution in [3.05, 3.63) is 99.0 Å². The lowest BCUT2D eigenvalue weighted by molar-refractivity contribution is -0.130. The average Bonchev–Trinajstić information content (AvgIpc) is 2.99. The maximum Gasteiger partial charge on any atom is 0.262 e. The molecule has 0 saturated carbocycles. The molecule has 0 aliphatic carbocycles. The highest BCUT2D eigenvalue weighted by atomic mass is 35.5. The van der Waals surface area contributed by atoms with E-state index in [0.29, 0.717) is 32.4 Å². The summed E-state index contributed by atoms with van der Waals surface area (Å²) in [4.78, 5) is 42.1. The third-order valence-corrected chi connectivity index (χ3v) is 6.33. The molecule has 1 fully saturated rings. The summed E-state index contributed by atoms with van der Waals surface area (Å²) in [5.41, 5.74) is 2.94. The topological polar surface area (TPSA) is 57.7 Å². The first-order chi connectivity index (χ1) is 14.9. The van der Waals surface area contributed by atoms with Crippen molar-refractivity contribution >= 4 is 46.6 Å². The Balaban J connectivity index is 1.61. The van der Waals surface area contributed by atoms with Gasteiger partial charge in [0.05, 0.1) is 17.2 Å². The first-order valence-electron chi connectivity index (χ1n) is 9.70. The first kappa shape index (κ1) is 19.8. The standard InChI is InChI=1S/C24H16Cl2N2O3/c1-13-6-9-15(10-7-13)27-20(18-11-8-14(25)12-19(18)26)21(24(27)31)28-22(29)16-4-2-3-5-17(16)23(28)30/h2-12,20-21H,1H3. The molecule has 154 valence electrons. The van der Waals surface area contributed by atoms with Crippen LogP contribution in [0.2, 0.25) is 10.0 Å². The Morgan fingerprint density at radius 3 is 1.94 bits per heavy atom. The molecule has 0 bridgehead atoms. The van der Waals surface area contributed by atoms with Crippen LogP contribution in [0.5, 0.6) is 0 Å². The summed E-state index contributed by atoms with van der Waals surface area (Å²) in [6, 6.07) is 17.4. The highest BCUT2D eigenvalue weighted by Gasteiger charge is 2.57. The monoisotopic (exact) mass is 450 g/mol. The van der Waals surface area contributed by atoms with Crippen LogP contribution >= 0.6 is 23.2 Å². The fraction of sp³-hybridized carbons (Fsp3) is 0.125. The third-order valence-electron chi connectivity index (χ3n) is 5.76. The van der Waals surface area contributed by atoms with Gasteiger partial charge in [-0.1, -0.05) is 59.1 Å². The Kier molecular flexibility index (Phi) is 4.61. The maximum absolute atomic E-state index is 13.3. The molecule has 5 nitrogen and oxygen atoms in total. The van der Waals surface area contributed by atoms with E-state index >= 15 is 0 Å². The maximum atomic E-state index is 13.3. The molecule has 0 N–H and O–H groups in total. The van der Waals surface area contributed by atoms with Gasteiger partial charge in [0.15, 0.2) is 0 Å². The lowest BCUT2D eigenvalue weighted by Gasteiger charge is -2.50. The highest BCUT2D eigenvalue weighted by Crippen LogP contribution is 2.46. The van der Waals surface area contributed by atoms with Crippen molar-refractivity contribution in [2.24, 2.45) is 0 Å². The predicted octanol–water partition coefficient (Wildman–Crippen LogP) is 5.05. The Labute approximate surface area is 188 Å². The van der Waals surface area contributed by atoms with Gasteiger partial charge in [0.2, 0.25) is 0 Å². The minimum Gasteiger partial charge on any atom is -0.300 e. The van der Waals surface area contributed by atoms with Crippen LogP contribution in [-0.2, 0) is 4.79 Å². The second kappa shape index (κ2) is 7.22. The molecule has 2 aliphatic heterocycles. The zero-order valence-corrected chi connectivity index (χ0v) is 17.9. The third kappa shape index (κ3) is 2.96. The average molecular weight is 451 g/mol. The van der Waals surface area contributed by atoms with Crippen LogP contribution in [0, 0.1) is 6.92 Å². The smallest absolute Gasteiger partial charge is 0.262 e. The minimum absolute atomic E-state index is 0.301. The summed E-state index contributed by atoms with van der Waals surface area (Å²) < 4.78 is 0. The van der Waals surface area contributed by atoms with E-state index in [1.54, 1.807) is 47.4 Å². The van der Waals surface area contributed by atoms with Gasteiger partial charge < -0.3 is 4.90 Å². The molecule has 7 heteroatoms. The van der Waals surface area contributed by atoms with Gasteiger partial charge in [0, 0.05) is 15.7 Å². The van der Waals surface area contributed by atoms with E-state index in [4.69, 9.17) is 23.2 Å². The number of carbonyl (C=O) groups excluding carboxylic acids is 3. The number of halogens is 2. The molecule has 2 heterocycles. The Hall–Kier alpha value is -3.15. The zero-order valence-electron chi connectivity index (χ0n) is 16.4. The second-order valence-electron chi connectivity index (χ2n) is 7.63. The van der Waals surface area contributed by atoms with Gasteiger partial charge in [-0.15, -0.1) is 0 Å². The number of hydrogen-bond donors (Lipinski definition) is 0. The van der Waals surface area contributed by atoms with Crippen LogP contribution in [0.25, 0.3) is 0 Å². The summed E-state index contributed by atoms with van der Waals surface area (Å²) >= 11 is 12.6. The van der Waals surface area contributed by atoms with E-state index in [9.17, 15) is 14.4 Å². The van der Waals surface area contributed by atoms with Crippen LogP contribution in [0.15, 0.2) is 66.7 Å². The van der Waals surface area contributed by atoms with Crippen molar-refractivity contribution in [2.45, 2.75) is 19.0 Å². The number of nitrogens with zero attached hydrogens (tertiary/aromatic N) is 2. The van der Waals surface area contributed by atoms with Gasteiger partial charge in [-0.25, -0.2) is 0 Å². The Bertz CT molecular complexity index is 1220. The van der Waals surface area contributed by atoms with Crippen molar-refractivity contribution in [2.75, 3.05) is 4.90 Å². The normalized spacial score (nSPS) is 20.2. The lowest BCUT2D eigenvalue weighted by atomic mass is 9.86. The summed E-state index contributed by atoms with van der Waals surface area (Å²) in [5.74, 6) is -1.29. The van der Waals surface area contributed by atoms with Crippen LogP contribution < -0.4 is 4.90 Å². The fourth-order valence-corrected chi connectivity index (χ4v) is 4.75. The first-order valence-corrected chi connectivity index (χ1v) is 10.5. The number of imide groups is 1. The van der Waals surface area contributed by atoms with Crippen molar-refractivity contribution in [1.29, 1.82) is 0 Å². The minimum atomic E-state index is -0.993. The van der Waals surface area contributed by atoms with E-state index in [1.807, 2.05) is 31.2 Å². The quantitative estimate of drug-likeness (QED) is 0.414. The molecule has 5 rings (SSSR count). The Morgan fingerprint density at radius 2 is 1.35 bits per heavy atom. The number of benzene rings is 3. The van der Waals surface area contributed by atoms with Crippen molar-refractivity contribution in [1.82, 2.24) is 4.90 Å². The fourth-order valence-electron chi connectivity index (χ4n) is 4.23. The molecule has 0 spiro atoms. The largest absolute Gasteiger partial charge is 0.300 e. The number of amides is 3. The van der Waals surface area contributed by atoms with Gasteiger partial charge >= 0.3 is 0 Å². The number of aryl methyl sites for hydroxylation is 1. The molecular weight excluding hydrogens is 435 g/mol. The van der Waals surface area contributed by atoms with E-state index < -0.39 is 23.9 Å². The SMILES string of the molecule is Cc1ccc(N2C(=O)C(N3C(=O)c4ccccc4C3=O)C2c2ccc(Cl)cc2Cl)cc1. The molecule has 2 aliphatic rings. The summed E-state index contributed by atoms with van der Waals surface area (Å²) in [6.07, 6.45) is 0. The van der Waals surface area contributed by atoms with Gasteiger partial charge in [-0.2, -0.15) is 0 Å². The second-order valence-corrected chi connectivity index (χ2v) is 8.47. The number of carbonyl (C=O) groups is 3. The van der Waals surface area contributed by atoms with Gasteiger partial charge in [-0.05, 0) is 48.9 Å². The van der Waals surface area contributed by atoms with Crippen LogP contribution in [0.4, 0.5) is 5.69 Å². The van der Waals surface area contributed by atoms with E-state index in [2.05, 4.69) is 0 Å². The molecule has 1 saturated heterocycles. The molecule has 3 amide bonds. The van der Waals surface area contributed by atoms with Crippen molar-refractivity contribution < 1.29 is 14.4 Å². The van der Waals surface area contributed by atoms with E-state index in [0.717, 1.165) is 10.5 Å². The number of fused-ring (bicyclic) bond motifs is 1. The molecule has 2 unspecified atom stereocenters. The van der Waals surface area contributed by atoms with Crippen LogP contribution in [0.1, 0.15) is 37.9 Å². The van der Waals surface area contributed by atoms with Gasteiger partial charge in [0.1, 0.15) is 6.04 Å². The molecule has 0 radical (unpaired) electrons. The number of anilines is 1. The summed E-state index contributed by atoms with van der Waals surface area (Å²) in [6.45, 7) is 1.96. The summed E-state index contributed by atoms with van der Waals surface area (Å²) in [5, 5.41) is 0.822. The van der Waals surface area contributed by atoms with E-state index in [1.165, 1.54) is 0 Å². The summed E-state index contributed by atoms with van der Waals surface area (Å²) in [7, 11) is 0. The molecule has 31 heavy (non-hydrogen) atoms. The number of hydrogen-bond acceptors (Lipinski definition) is 3. The van der Waals surface area contributed by atoms with Crippen molar-refractivity contribution in [3.8, 4) is 0 Å². The van der Waals surface area contributed by atoms with Crippen LogP contribution in [-0.4, -0.2) is 28.7 Å². The van der Waals surface area contributed by atoms with Gasteiger partial charge in [-0.3, -0.25) is 19.3 Å².